The topological polar surface area (TPSA) is 23.8 Å². The Labute approximate surface area is 62.7 Å². The molecule has 1 heteroatoms. The van der Waals surface area contributed by atoms with Gasteiger partial charge in [0.15, 0.2) is 0 Å². The molecule has 0 radical (unpaired) electrons. The van der Waals surface area contributed by atoms with Crippen LogP contribution in [0.5, 0.6) is 0 Å². The second-order valence-corrected chi connectivity index (χ2v) is 2.54. The molecule has 1 nitrogen and oxygen atoms in total. The Balaban J connectivity index is 4.07. The van der Waals surface area contributed by atoms with Crippen LogP contribution in [0.1, 0.15) is 20.3 Å². The Morgan fingerprint density at radius 3 is 2.60 bits per heavy atom. The summed E-state index contributed by atoms with van der Waals surface area (Å²) < 4.78 is 0. The fraction of sp³-hybridized carbons (Fsp3) is 0.444. The molecule has 0 fully saturated rings. The van der Waals surface area contributed by atoms with E-state index in [-0.39, 0.29) is 0 Å². The van der Waals surface area contributed by atoms with Gasteiger partial charge < -0.3 is 0 Å². The van der Waals surface area contributed by atoms with Crippen LogP contribution in [0, 0.1) is 17.2 Å². The first kappa shape index (κ1) is 8.97. The molecular formula is C9H13N. The van der Waals surface area contributed by atoms with Crippen molar-refractivity contribution in [2.24, 2.45) is 5.92 Å². The molecule has 0 aliphatic heterocycles. The van der Waals surface area contributed by atoms with Gasteiger partial charge in [-0.2, -0.15) is 5.26 Å². The average Bonchev–Trinajstić information content (AvgIpc) is 1.86. The van der Waals surface area contributed by atoms with Crippen LogP contribution in [0.4, 0.5) is 0 Å². The number of hydrogen-bond donors (Lipinski definition) is 0. The van der Waals surface area contributed by atoms with Gasteiger partial charge in [0.25, 0.3) is 0 Å². The first-order chi connectivity index (χ1) is 4.70. The number of nitrogens with zero attached hydrogens (tertiary/aromatic N) is 1. The van der Waals surface area contributed by atoms with Crippen LogP contribution in [0.25, 0.3) is 0 Å². The Bertz CT molecular complexity index is 170. The summed E-state index contributed by atoms with van der Waals surface area (Å²) in [5, 5.41) is 8.54. The van der Waals surface area contributed by atoms with Crippen molar-refractivity contribution >= 4 is 0 Å². The van der Waals surface area contributed by atoms with Crippen LogP contribution in [0.3, 0.4) is 0 Å². The van der Waals surface area contributed by atoms with Gasteiger partial charge in [0.1, 0.15) is 0 Å². The first-order valence-corrected chi connectivity index (χ1v) is 3.42. The van der Waals surface area contributed by atoms with E-state index >= 15 is 0 Å². The van der Waals surface area contributed by atoms with Crippen molar-refractivity contribution < 1.29 is 0 Å². The molecule has 0 N–H and O–H groups in total. The van der Waals surface area contributed by atoms with Crippen molar-refractivity contribution in [3.8, 4) is 6.07 Å². The predicted molar refractivity (Wildman–Crippen MR) is 43.3 cm³/mol. The number of allylic oxidation sites excluding steroid dienone is 3. The highest BCUT2D eigenvalue weighted by Gasteiger charge is 1.92. The summed E-state index contributed by atoms with van der Waals surface area (Å²) in [5.74, 6) is 0.453. The second kappa shape index (κ2) is 4.81. The summed E-state index contributed by atoms with van der Waals surface area (Å²) in [5.41, 5.74) is 0.810. The third-order valence-electron chi connectivity index (χ3n) is 1.04. The van der Waals surface area contributed by atoms with Crippen molar-refractivity contribution in [3.63, 3.8) is 0 Å². The molecular weight excluding hydrogens is 122 g/mol. The normalized spacial score (nSPS) is 11.2. The summed E-state index contributed by atoms with van der Waals surface area (Å²) in [6, 6.07) is 2.12. The Hall–Kier alpha value is -1.03. The van der Waals surface area contributed by atoms with E-state index in [2.05, 4.69) is 26.5 Å². The lowest BCUT2D eigenvalue weighted by molar-refractivity contribution is 0.822. The summed E-state index contributed by atoms with van der Waals surface area (Å²) in [7, 11) is 0. The molecule has 0 aliphatic rings. The number of hydrogen-bond acceptors (Lipinski definition) is 1. The maximum absolute atomic E-state index is 8.54. The van der Waals surface area contributed by atoms with Gasteiger partial charge in [-0.1, -0.05) is 26.0 Å². The standard InChI is InChI=1S/C9H13N/c1-4-5-9(7-10)6-8(2)3/h4,6,8H,1,5H2,2-3H3/b9-6+. The summed E-state index contributed by atoms with van der Waals surface area (Å²) in [6.07, 6.45) is 4.40. The van der Waals surface area contributed by atoms with Gasteiger partial charge >= 0.3 is 0 Å². The maximum atomic E-state index is 8.54. The molecule has 0 aliphatic carbocycles. The minimum atomic E-state index is 0.453. The predicted octanol–water partition coefficient (Wildman–Crippen LogP) is 2.67. The zero-order valence-electron chi connectivity index (χ0n) is 6.59. The molecule has 0 spiro atoms. The van der Waals surface area contributed by atoms with Crippen LogP contribution >= 0.6 is 0 Å². The van der Waals surface area contributed by atoms with Crippen molar-refractivity contribution in [1.82, 2.24) is 0 Å². The molecule has 0 unspecified atom stereocenters. The van der Waals surface area contributed by atoms with Gasteiger partial charge in [0, 0.05) is 5.57 Å². The van der Waals surface area contributed by atoms with E-state index in [9.17, 15) is 0 Å². The monoisotopic (exact) mass is 135 g/mol. The molecule has 0 aromatic heterocycles. The molecule has 0 heterocycles. The van der Waals surface area contributed by atoms with Crippen LogP contribution in [0.15, 0.2) is 24.3 Å². The third kappa shape index (κ3) is 3.91. The molecule has 0 aromatic rings. The fourth-order valence-electron chi connectivity index (χ4n) is 0.709. The lowest BCUT2D eigenvalue weighted by atomic mass is 10.1. The molecule has 0 aromatic carbocycles. The minimum Gasteiger partial charge on any atom is -0.193 e. The highest BCUT2D eigenvalue weighted by molar-refractivity contribution is 5.23. The SMILES string of the molecule is C=CC/C(C#N)=C\C(C)C. The van der Waals surface area contributed by atoms with Gasteiger partial charge in [-0.15, -0.1) is 6.58 Å². The molecule has 0 saturated heterocycles. The lowest BCUT2D eigenvalue weighted by Gasteiger charge is -1.95. The van der Waals surface area contributed by atoms with Crippen LogP contribution in [-0.4, -0.2) is 0 Å². The van der Waals surface area contributed by atoms with E-state index in [0.29, 0.717) is 12.3 Å². The highest BCUT2D eigenvalue weighted by atomic mass is 14.2. The maximum Gasteiger partial charge on any atom is 0.0947 e. The quantitative estimate of drug-likeness (QED) is 0.431. The summed E-state index contributed by atoms with van der Waals surface area (Å²) >= 11 is 0. The fourth-order valence-corrected chi connectivity index (χ4v) is 0.709. The van der Waals surface area contributed by atoms with E-state index < -0.39 is 0 Å². The van der Waals surface area contributed by atoms with E-state index in [1.807, 2.05) is 6.08 Å². The van der Waals surface area contributed by atoms with Gasteiger partial charge in [0.2, 0.25) is 0 Å². The van der Waals surface area contributed by atoms with Crippen LogP contribution < -0.4 is 0 Å². The van der Waals surface area contributed by atoms with Gasteiger partial charge in [-0.3, -0.25) is 0 Å². The Morgan fingerprint density at radius 2 is 2.30 bits per heavy atom. The van der Waals surface area contributed by atoms with E-state index in [1.165, 1.54) is 0 Å². The van der Waals surface area contributed by atoms with E-state index in [1.54, 1.807) is 6.08 Å². The second-order valence-electron chi connectivity index (χ2n) is 2.54. The van der Waals surface area contributed by atoms with E-state index in [4.69, 9.17) is 5.26 Å². The van der Waals surface area contributed by atoms with Gasteiger partial charge in [-0.25, -0.2) is 0 Å². The number of nitriles is 1. The first-order valence-electron chi connectivity index (χ1n) is 3.42. The van der Waals surface area contributed by atoms with E-state index in [0.717, 1.165) is 5.57 Å². The molecule has 0 saturated carbocycles. The number of rotatable bonds is 3. The van der Waals surface area contributed by atoms with Gasteiger partial charge in [0.05, 0.1) is 6.07 Å². The summed E-state index contributed by atoms with van der Waals surface area (Å²) in [4.78, 5) is 0. The molecule has 54 valence electrons. The van der Waals surface area contributed by atoms with Crippen molar-refractivity contribution in [2.45, 2.75) is 20.3 Å². The molecule has 0 bridgehead atoms. The van der Waals surface area contributed by atoms with Crippen molar-refractivity contribution in [2.75, 3.05) is 0 Å². The Morgan fingerprint density at radius 1 is 1.70 bits per heavy atom. The molecule has 10 heavy (non-hydrogen) atoms. The molecule has 0 rings (SSSR count). The van der Waals surface area contributed by atoms with Crippen molar-refractivity contribution in [3.05, 3.63) is 24.3 Å². The van der Waals surface area contributed by atoms with Crippen LogP contribution in [0.2, 0.25) is 0 Å². The highest BCUT2D eigenvalue weighted by Crippen LogP contribution is 2.05. The van der Waals surface area contributed by atoms with Crippen molar-refractivity contribution in [1.29, 1.82) is 5.26 Å². The lowest BCUT2D eigenvalue weighted by Crippen LogP contribution is -1.83. The molecule has 0 amide bonds. The minimum absolute atomic E-state index is 0.453. The average molecular weight is 135 g/mol. The Kier molecular flexibility index (Phi) is 4.32. The zero-order chi connectivity index (χ0) is 7.98. The third-order valence-corrected chi connectivity index (χ3v) is 1.04. The zero-order valence-corrected chi connectivity index (χ0v) is 6.59. The van der Waals surface area contributed by atoms with Crippen LogP contribution in [-0.2, 0) is 0 Å². The molecule has 0 atom stereocenters. The van der Waals surface area contributed by atoms with Gasteiger partial charge in [-0.05, 0) is 12.3 Å². The summed E-state index contributed by atoms with van der Waals surface area (Å²) in [6.45, 7) is 7.68. The smallest absolute Gasteiger partial charge is 0.0947 e. The largest absolute Gasteiger partial charge is 0.193 e.